The van der Waals surface area contributed by atoms with Crippen LogP contribution in [0.25, 0.3) is 0 Å². The van der Waals surface area contributed by atoms with Crippen LogP contribution < -0.4 is 0 Å². The summed E-state index contributed by atoms with van der Waals surface area (Å²) < 4.78 is 5.19. The Kier molecular flexibility index (Phi) is 2.67. The van der Waals surface area contributed by atoms with Gasteiger partial charge in [0.25, 0.3) is 0 Å². The molecule has 1 unspecified atom stereocenters. The van der Waals surface area contributed by atoms with Gasteiger partial charge in [-0.05, 0) is 6.92 Å². The third-order valence-corrected chi connectivity index (χ3v) is 2.89. The molecule has 76 valence electrons. The van der Waals surface area contributed by atoms with Crippen molar-refractivity contribution in [3.63, 3.8) is 0 Å². The first-order chi connectivity index (χ1) is 6.79. The largest absolute Gasteiger partial charge is 0.444 e. The van der Waals surface area contributed by atoms with E-state index in [1.54, 1.807) is 21.7 Å². The maximum atomic E-state index is 11.2. The minimum absolute atomic E-state index is 0.0236. The van der Waals surface area contributed by atoms with Crippen molar-refractivity contribution in [2.75, 3.05) is 13.1 Å². The average Bonchev–Trinajstić information content (AvgIpc) is 2.76. The summed E-state index contributed by atoms with van der Waals surface area (Å²) in [5, 5.41) is 1.99. The second-order valence-corrected chi connectivity index (χ2v) is 3.95. The predicted molar refractivity (Wildman–Crippen MR) is 53.3 cm³/mol. The molecule has 1 aliphatic heterocycles. The Balaban J connectivity index is 1.93. The molecular weight excluding hydrogens is 200 g/mol. The number of hydrogen-bond acceptors (Lipinski definition) is 4. The summed E-state index contributed by atoms with van der Waals surface area (Å²) in [7, 11) is 0. The van der Waals surface area contributed by atoms with Crippen LogP contribution in [-0.4, -0.2) is 35.2 Å². The van der Waals surface area contributed by atoms with Gasteiger partial charge in [-0.3, -0.25) is 0 Å². The molecule has 0 bridgehead atoms. The zero-order valence-electron chi connectivity index (χ0n) is 7.97. The number of hydrogen-bond donors (Lipinski definition) is 0. The summed E-state index contributed by atoms with van der Waals surface area (Å²) in [6, 6.07) is 0. The number of cyclic esters (lactones) is 1. The highest BCUT2D eigenvalue weighted by molar-refractivity contribution is 7.07. The Morgan fingerprint density at radius 2 is 2.64 bits per heavy atom. The SMILES string of the molecule is CCN1CC(Cc2cscn2)OC1=O. The first kappa shape index (κ1) is 9.45. The molecule has 1 fully saturated rings. The minimum atomic E-state index is -0.201. The Hall–Kier alpha value is -1.10. The van der Waals surface area contributed by atoms with Gasteiger partial charge in [0.15, 0.2) is 0 Å². The van der Waals surface area contributed by atoms with Gasteiger partial charge < -0.3 is 9.64 Å². The van der Waals surface area contributed by atoms with E-state index in [1.165, 1.54) is 0 Å². The van der Waals surface area contributed by atoms with Gasteiger partial charge >= 0.3 is 6.09 Å². The van der Waals surface area contributed by atoms with E-state index in [4.69, 9.17) is 4.74 Å². The summed E-state index contributed by atoms with van der Waals surface area (Å²) >= 11 is 1.57. The summed E-state index contributed by atoms with van der Waals surface area (Å²) in [4.78, 5) is 17.1. The summed E-state index contributed by atoms with van der Waals surface area (Å²) in [6.07, 6.45) is 0.503. The number of nitrogens with zero attached hydrogens (tertiary/aromatic N) is 2. The van der Waals surface area contributed by atoms with E-state index in [1.807, 2.05) is 12.3 Å². The van der Waals surface area contributed by atoms with E-state index < -0.39 is 0 Å². The molecule has 1 aromatic heterocycles. The van der Waals surface area contributed by atoms with E-state index in [0.29, 0.717) is 13.1 Å². The van der Waals surface area contributed by atoms with Crippen molar-refractivity contribution in [3.05, 3.63) is 16.6 Å². The van der Waals surface area contributed by atoms with Crippen LogP contribution >= 0.6 is 11.3 Å². The minimum Gasteiger partial charge on any atom is -0.444 e. The number of likely N-dealkylation sites (N-methyl/N-ethyl adjacent to an activating group) is 1. The van der Waals surface area contributed by atoms with Crippen molar-refractivity contribution in [2.45, 2.75) is 19.4 Å². The van der Waals surface area contributed by atoms with E-state index in [-0.39, 0.29) is 12.2 Å². The third-order valence-electron chi connectivity index (χ3n) is 2.25. The van der Waals surface area contributed by atoms with Gasteiger partial charge in [-0.25, -0.2) is 9.78 Å². The highest BCUT2D eigenvalue weighted by atomic mass is 32.1. The summed E-state index contributed by atoms with van der Waals surface area (Å²) in [5.74, 6) is 0. The van der Waals surface area contributed by atoms with Crippen molar-refractivity contribution >= 4 is 17.4 Å². The Labute approximate surface area is 86.5 Å². The molecule has 0 aromatic carbocycles. The van der Waals surface area contributed by atoms with Gasteiger partial charge in [-0.15, -0.1) is 11.3 Å². The van der Waals surface area contributed by atoms with Crippen LogP contribution in [0.3, 0.4) is 0 Å². The fraction of sp³-hybridized carbons (Fsp3) is 0.556. The molecule has 1 amide bonds. The van der Waals surface area contributed by atoms with E-state index in [2.05, 4.69) is 4.98 Å². The predicted octanol–water partition coefficient (Wildman–Crippen LogP) is 1.53. The molecule has 2 heterocycles. The lowest BCUT2D eigenvalue weighted by molar-refractivity contribution is 0.132. The molecule has 0 N–H and O–H groups in total. The lowest BCUT2D eigenvalue weighted by Gasteiger charge is -2.07. The van der Waals surface area contributed by atoms with Crippen LogP contribution in [0.1, 0.15) is 12.6 Å². The van der Waals surface area contributed by atoms with Gasteiger partial charge in [0.2, 0.25) is 0 Å². The molecule has 4 nitrogen and oxygen atoms in total. The van der Waals surface area contributed by atoms with Crippen molar-refractivity contribution in [2.24, 2.45) is 0 Å². The third kappa shape index (κ3) is 1.87. The van der Waals surface area contributed by atoms with Crippen LogP contribution in [0.15, 0.2) is 10.9 Å². The first-order valence-corrected chi connectivity index (χ1v) is 5.56. The summed E-state index contributed by atoms with van der Waals surface area (Å²) in [5.41, 5.74) is 2.80. The Bertz CT molecular complexity index is 313. The molecule has 1 saturated heterocycles. The molecule has 0 spiro atoms. The topological polar surface area (TPSA) is 42.4 Å². The van der Waals surface area contributed by atoms with Crippen molar-refractivity contribution in [3.8, 4) is 0 Å². The maximum Gasteiger partial charge on any atom is 0.410 e. The standard InChI is InChI=1S/C9H12N2O2S/c1-2-11-4-8(13-9(11)12)3-7-5-14-6-10-7/h5-6,8H,2-4H2,1H3. The molecule has 1 atom stereocenters. The molecular formula is C9H12N2O2S. The van der Waals surface area contributed by atoms with Crippen molar-refractivity contribution < 1.29 is 9.53 Å². The van der Waals surface area contributed by atoms with Crippen LogP contribution in [-0.2, 0) is 11.2 Å². The van der Waals surface area contributed by atoms with Gasteiger partial charge in [-0.2, -0.15) is 0 Å². The molecule has 1 aliphatic rings. The van der Waals surface area contributed by atoms with E-state index in [9.17, 15) is 4.79 Å². The number of amides is 1. The van der Waals surface area contributed by atoms with Crippen molar-refractivity contribution in [1.82, 2.24) is 9.88 Å². The fourth-order valence-corrected chi connectivity index (χ4v) is 2.08. The molecule has 0 aliphatic carbocycles. The molecule has 0 radical (unpaired) electrons. The zero-order valence-corrected chi connectivity index (χ0v) is 8.79. The number of thiazole rings is 1. The zero-order chi connectivity index (χ0) is 9.97. The monoisotopic (exact) mass is 212 g/mol. The van der Waals surface area contributed by atoms with E-state index >= 15 is 0 Å². The number of carbonyl (C=O) groups excluding carboxylic acids is 1. The lowest BCUT2D eigenvalue weighted by Crippen LogP contribution is -2.24. The molecule has 14 heavy (non-hydrogen) atoms. The van der Waals surface area contributed by atoms with Crippen molar-refractivity contribution in [1.29, 1.82) is 0 Å². The molecule has 0 saturated carbocycles. The van der Waals surface area contributed by atoms with E-state index in [0.717, 1.165) is 12.1 Å². The molecule has 2 rings (SSSR count). The fourth-order valence-electron chi connectivity index (χ4n) is 1.51. The Morgan fingerprint density at radius 3 is 3.21 bits per heavy atom. The normalized spacial score (nSPS) is 21.4. The van der Waals surface area contributed by atoms with Gasteiger partial charge in [0.1, 0.15) is 6.10 Å². The average molecular weight is 212 g/mol. The second kappa shape index (κ2) is 3.96. The van der Waals surface area contributed by atoms with Gasteiger partial charge in [0.05, 0.1) is 17.7 Å². The highest BCUT2D eigenvalue weighted by Gasteiger charge is 2.30. The number of carbonyl (C=O) groups is 1. The number of aromatic nitrogens is 1. The van der Waals surface area contributed by atoms with Crippen LogP contribution in [0.4, 0.5) is 4.79 Å². The first-order valence-electron chi connectivity index (χ1n) is 4.62. The lowest BCUT2D eigenvalue weighted by atomic mass is 10.2. The van der Waals surface area contributed by atoms with Crippen LogP contribution in [0, 0.1) is 0 Å². The van der Waals surface area contributed by atoms with Gasteiger partial charge in [0, 0.05) is 18.3 Å². The quantitative estimate of drug-likeness (QED) is 0.763. The number of rotatable bonds is 3. The van der Waals surface area contributed by atoms with Crippen LogP contribution in [0.5, 0.6) is 0 Å². The van der Waals surface area contributed by atoms with Crippen LogP contribution in [0.2, 0.25) is 0 Å². The van der Waals surface area contributed by atoms with Gasteiger partial charge in [-0.1, -0.05) is 0 Å². The summed E-state index contributed by atoms with van der Waals surface area (Å²) in [6.45, 7) is 3.35. The smallest absolute Gasteiger partial charge is 0.410 e. The maximum absolute atomic E-state index is 11.2. The Morgan fingerprint density at radius 1 is 1.79 bits per heavy atom. The molecule has 5 heteroatoms. The second-order valence-electron chi connectivity index (χ2n) is 3.23. The number of ether oxygens (including phenoxy) is 1. The molecule has 1 aromatic rings. The highest BCUT2D eigenvalue weighted by Crippen LogP contribution is 2.15.